The zero-order chi connectivity index (χ0) is 31.5. The minimum atomic E-state index is -0.0710. The van der Waals surface area contributed by atoms with E-state index in [0.717, 1.165) is 12.8 Å². The Balaban J connectivity index is 1.29. The number of benzene rings is 5. The van der Waals surface area contributed by atoms with Crippen molar-refractivity contribution in [3.05, 3.63) is 154 Å². The van der Waals surface area contributed by atoms with Crippen LogP contribution in [0.2, 0.25) is 0 Å². The van der Waals surface area contributed by atoms with E-state index in [-0.39, 0.29) is 10.8 Å². The topological polar surface area (TPSA) is 8.17 Å². The molecule has 2 nitrogen and oxygen atoms in total. The second-order valence-electron chi connectivity index (χ2n) is 14.8. The highest BCUT2D eigenvalue weighted by Crippen LogP contribution is 2.53. The second kappa shape index (κ2) is 9.36. The van der Waals surface area contributed by atoms with Crippen LogP contribution in [-0.2, 0) is 10.8 Å². The van der Waals surface area contributed by atoms with E-state index in [0.29, 0.717) is 0 Å². The molecule has 0 saturated carbocycles. The molecule has 0 bridgehead atoms. The van der Waals surface area contributed by atoms with Gasteiger partial charge in [-0.25, -0.2) is 0 Å². The lowest BCUT2D eigenvalue weighted by Gasteiger charge is -2.34. The zero-order valence-electron chi connectivity index (χ0n) is 27.7. The van der Waals surface area contributed by atoms with Gasteiger partial charge >= 0.3 is 0 Å². The number of allylic oxidation sites excluding steroid dienone is 4. The first-order chi connectivity index (χ1) is 22.1. The van der Waals surface area contributed by atoms with Gasteiger partial charge in [-0.3, -0.25) is 0 Å². The Labute approximate surface area is 272 Å². The van der Waals surface area contributed by atoms with Gasteiger partial charge < -0.3 is 9.47 Å². The monoisotopic (exact) mass is 596 g/mol. The van der Waals surface area contributed by atoms with Crippen molar-refractivity contribution in [3.8, 4) is 5.69 Å². The van der Waals surface area contributed by atoms with Crippen LogP contribution >= 0.6 is 0 Å². The lowest BCUT2D eigenvalue weighted by Crippen LogP contribution is -2.26. The first-order valence-electron chi connectivity index (χ1n) is 16.7. The maximum Gasteiger partial charge on any atom is 0.0582 e. The van der Waals surface area contributed by atoms with E-state index in [4.69, 9.17) is 0 Å². The lowest BCUT2D eigenvalue weighted by atomic mass is 9.75. The first kappa shape index (κ1) is 27.5. The van der Waals surface area contributed by atoms with E-state index in [1.165, 1.54) is 89.1 Å². The van der Waals surface area contributed by atoms with Crippen molar-refractivity contribution >= 4 is 38.8 Å². The molecule has 1 aliphatic heterocycles. The third kappa shape index (κ3) is 3.64. The van der Waals surface area contributed by atoms with E-state index < -0.39 is 0 Å². The van der Waals surface area contributed by atoms with Gasteiger partial charge in [0, 0.05) is 38.7 Å². The largest absolute Gasteiger partial charge is 0.314 e. The highest BCUT2D eigenvalue weighted by molar-refractivity contribution is 6.12. The minimum absolute atomic E-state index is 0.0188. The zero-order valence-corrected chi connectivity index (χ0v) is 27.7. The maximum atomic E-state index is 2.55. The summed E-state index contributed by atoms with van der Waals surface area (Å²) in [6.45, 7) is 14.0. The third-order valence-corrected chi connectivity index (χ3v) is 11.1. The molecule has 0 saturated heterocycles. The van der Waals surface area contributed by atoms with E-state index in [9.17, 15) is 0 Å². The van der Waals surface area contributed by atoms with Gasteiger partial charge in [0.1, 0.15) is 0 Å². The summed E-state index contributed by atoms with van der Waals surface area (Å²) in [5.74, 6) is 0. The molecule has 2 heteroatoms. The van der Waals surface area contributed by atoms with Gasteiger partial charge in [-0.05, 0) is 114 Å². The van der Waals surface area contributed by atoms with E-state index in [2.05, 4.69) is 160 Å². The summed E-state index contributed by atoms with van der Waals surface area (Å²) in [6, 6.07) is 39.1. The van der Waals surface area contributed by atoms with Crippen LogP contribution in [0.25, 0.3) is 33.1 Å². The summed E-state index contributed by atoms with van der Waals surface area (Å²) < 4.78 is 2.51. The number of hydrogen-bond donors (Lipinski definition) is 0. The fourth-order valence-electron chi connectivity index (χ4n) is 9.02. The fraction of sp³-hybridized carbons (Fsp3) is 0.227. The summed E-state index contributed by atoms with van der Waals surface area (Å²) in [6.07, 6.45) is 4.58. The molecular formula is C44H40N2. The predicted molar refractivity (Wildman–Crippen MR) is 195 cm³/mol. The van der Waals surface area contributed by atoms with Crippen LogP contribution in [0.5, 0.6) is 0 Å². The summed E-state index contributed by atoms with van der Waals surface area (Å²) in [5, 5.41) is 2.63. The SMILES string of the molecule is Cc1cc(C)cc(N(C2=CC3=C(CC2)c2ccccc2C3(C)C)c2ccc3c(c2)c2cccc4c2n3-c2ccccc2C4(C)C)c1. The average molecular weight is 597 g/mol. The summed E-state index contributed by atoms with van der Waals surface area (Å²) in [4.78, 5) is 2.55. The quantitative estimate of drug-likeness (QED) is 0.197. The molecule has 0 N–H and O–H groups in total. The van der Waals surface area contributed by atoms with Crippen molar-refractivity contribution in [3.63, 3.8) is 0 Å². The van der Waals surface area contributed by atoms with Crippen LogP contribution in [-0.4, -0.2) is 4.57 Å². The lowest BCUT2D eigenvalue weighted by molar-refractivity contribution is 0.630. The van der Waals surface area contributed by atoms with Crippen LogP contribution in [0.15, 0.2) is 120 Å². The Kier molecular flexibility index (Phi) is 5.59. The molecule has 5 aromatic carbocycles. The van der Waals surface area contributed by atoms with Gasteiger partial charge in [-0.15, -0.1) is 0 Å². The molecule has 0 fully saturated rings. The molecule has 3 aliphatic rings. The Hall–Kier alpha value is -4.82. The van der Waals surface area contributed by atoms with Gasteiger partial charge in [0.25, 0.3) is 0 Å². The standard InChI is InChI=1S/C44H40N2/c1-27-22-28(2)24-31(23-27)45(30-18-20-33-32-12-7-8-14-36(32)43(3,4)39(33)26-30)29-19-21-40-35(25-29)34-13-11-16-38-42(34)46(40)41-17-10-9-15-37(41)44(38,5)6/h7-17,19,21-26H,18,20H2,1-6H3. The average Bonchev–Trinajstić information content (AvgIpc) is 3.49. The summed E-state index contributed by atoms with van der Waals surface area (Å²) >= 11 is 0. The van der Waals surface area contributed by atoms with Crippen LogP contribution < -0.4 is 4.90 Å². The van der Waals surface area contributed by atoms with E-state index >= 15 is 0 Å². The number of hydrogen-bond acceptors (Lipinski definition) is 1. The fourth-order valence-corrected chi connectivity index (χ4v) is 9.02. The Morgan fingerprint density at radius 3 is 2.13 bits per heavy atom. The van der Waals surface area contributed by atoms with Gasteiger partial charge in [0.15, 0.2) is 0 Å². The molecule has 2 aliphatic carbocycles. The number of aryl methyl sites for hydroxylation is 2. The van der Waals surface area contributed by atoms with Crippen LogP contribution in [0.3, 0.4) is 0 Å². The molecule has 46 heavy (non-hydrogen) atoms. The minimum Gasteiger partial charge on any atom is -0.314 e. The van der Waals surface area contributed by atoms with Crippen molar-refractivity contribution in [1.82, 2.24) is 4.57 Å². The molecule has 1 aromatic heterocycles. The number of aromatic nitrogens is 1. The van der Waals surface area contributed by atoms with Crippen molar-refractivity contribution in [2.45, 2.75) is 65.2 Å². The third-order valence-electron chi connectivity index (χ3n) is 11.1. The maximum absolute atomic E-state index is 2.55. The number of nitrogens with zero attached hydrogens (tertiary/aromatic N) is 2. The van der Waals surface area contributed by atoms with Crippen LogP contribution in [0.4, 0.5) is 11.4 Å². The van der Waals surface area contributed by atoms with E-state index in [1.54, 1.807) is 0 Å². The number of fused-ring (bicyclic) bond motifs is 7. The van der Waals surface area contributed by atoms with Crippen LogP contribution in [0, 0.1) is 13.8 Å². The highest BCUT2D eigenvalue weighted by Gasteiger charge is 2.39. The Morgan fingerprint density at radius 1 is 0.609 bits per heavy atom. The predicted octanol–water partition coefficient (Wildman–Crippen LogP) is 11.6. The molecule has 0 unspecified atom stereocenters. The molecule has 0 spiro atoms. The molecule has 0 radical (unpaired) electrons. The van der Waals surface area contributed by atoms with Gasteiger partial charge in [-0.1, -0.05) is 94.4 Å². The molecule has 2 heterocycles. The van der Waals surface area contributed by atoms with Crippen molar-refractivity contribution in [2.24, 2.45) is 0 Å². The number of para-hydroxylation sites is 2. The van der Waals surface area contributed by atoms with Gasteiger partial charge in [0.2, 0.25) is 0 Å². The number of rotatable bonds is 3. The Bertz CT molecular complexity index is 2320. The van der Waals surface area contributed by atoms with E-state index in [1.807, 2.05) is 0 Å². The van der Waals surface area contributed by atoms with Gasteiger partial charge in [-0.2, -0.15) is 0 Å². The molecule has 9 rings (SSSR count). The molecule has 0 amide bonds. The van der Waals surface area contributed by atoms with Crippen molar-refractivity contribution < 1.29 is 0 Å². The van der Waals surface area contributed by atoms with Crippen LogP contribution in [0.1, 0.15) is 73.9 Å². The second-order valence-corrected chi connectivity index (χ2v) is 14.8. The summed E-state index contributed by atoms with van der Waals surface area (Å²) in [7, 11) is 0. The molecular weight excluding hydrogens is 556 g/mol. The normalized spacial score (nSPS) is 17.1. The van der Waals surface area contributed by atoms with Crippen molar-refractivity contribution in [2.75, 3.05) is 4.90 Å². The molecule has 0 atom stereocenters. The molecule has 6 aromatic rings. The summed E-state index contributed by atoms with van der Waals surface area (Å²) in [5.41, 5.74) is 18.9. The smallest absolute Gasteiger partial charge is 0.0582 e. The highest BCUT2D eigenvalue weighted by atomic mass is 15.2. The Morgan fingerprint density at radius 2 is 1.33 bits per heavy atom. The molecule has 226 valence electrons. The van der Waals surface area contributed by atoms with Crippen molar-refractivity contribution in [1.29, 1.82) is 0 Å². The number of anilines is 2. The van der Waals surface area contributed by atoms with Gasteiger partial charge in [0.05, 0.1) is 16.7 Å². The first-order valence-corrected chi connectivity index (χ1v) is 16.7.